The number of rotatable bonds is 5. The Labute approximate surface area is 133 Å². The third-order valence-electron chi connectivity index (χ3n) is 3.09. The summed E-state index contributed by atoms with van der Waals surface area (Å²) in [6, 6.07) is 13.7. The highest BCUT2D eigenvalue weighted by Gasteiger charge is 2.03. The van der Waals surface area contributed by atoms with E-state index >= 15 is 0 Å². The first-order valence-corrected chi connectivity index (χ1v) is 6.97. The Balaban J connectivity index is 2.10. The Morgan fingerprint density at radius 3 is 2.26 bits per heavy atom. The predicted octanol–water partition coefficient (Wildman–Crippen LogP) is 3.18. The van der Waals surface area contributed by atoms with Crippen LogP contribution in [-0.4, -0.2) is 22.7 Å². The van der Waals surface area contributed by atoms with E-state index in [1.807, 2.05) is 25.1 Å². The number of nitrogens with zero attached hydrogens (tertiary/aromatic N) is 1. The van der Waals surface area contributed by atoms with Crippen molar-refractivity contribution < 1.29 is 14.7 Å². The monoisotopic (exact) mass is 311 g/mol. The van der Waals surface area contributed by atoms with Gasteiger partial charge in [-0.2, -0.15) is 5.10 Å². The molecule has 118 valence electrons. The second-order valence-corrected chi connectivity index (χ2v) is 4.95. The van der Waals surface area contributed by atoms with Gasteiger partial charge in [0.2, 0.25) is 5.91 Å². The average molecular weight is 311 g/mol. The number of carbonyl (C=O) groups excluding carboxylic acids is 1. The van der Waals surface area contributed by atoms with Crippen LogP contribution in [-0.2, 0) is 4.79 Å². The fraction of sp³-hybridized carbons (Fsp3) is 0.118. The summed E-state index contributed by atoms with van der Waals surface area (Å²) in [6.45, 7) is 3.29. The molecule has 6 nitrogen and oxygen atoms in total. The molecule has 0 heterocycles. The molecule has 0 unspecified atom stereocenters. The van der Waals surface area contributed by atoms with Crippen molar-refractivity contribution in [2.75, 3.05) is 10.7 Å². The van der Waals surface area contributed by atoms with Gasteiger partial charge in [0.1, 0.15) is 0 Å². The molecule has 0 spiro atoms. The summed E-state index contributed by atoms with van der Waals surface area (Å²) in [5.41, 5.74) is 6.09. The van der Waals surface area contributed by atoms with Crippen molar-refractivity contribution >= 4 is 29.0 Å². The number of hydrogen-bond acceptors (Lipinski definition) is 4. The Bertz CT molecular complexity index is 752. The number of carboxylic acid groups (broad SMARTS) is 1. The van der Waals surface area contributed by atoms with E-state index in [0.717, 1.165) is 11.3 Å². The second kappa shape index (κ2) is 7.22. The molecule has 1 amide bonds. The molecule has 2 aromatic rings. The zero-order chi connectivity index (χ0) is 16.8. The molecule has 0 aliphatic heterocycles. The zero-order valence-corrected chi connectivity index (χ0v) is 12.8. The lowest BCUT2D eigenvalue weighted by Gasteiger charge is -2.07. The molecule has 0 radical (unpaired) electrons. The Kier molecular flexibility index (Phi) is 5.09. The van der Waals surface area contributed by atoms with Crippen LogP contribution in [0.3, 0.4) is 0 Å². The average Bonchev–Trinajstić information content (AvgIpc) is 2.52. The second-order valence-electron chi connectivity index (χ2n) is 4.95. The van der Waals surface area contributed by atoms with Gasteiger partial charge in [0, 0.05) is 12.6 Å². The van der Waals surface area contributed by atoms with Gasteiger partial charge in [0.15, 0.2) is 0 Å². The predicted molar refractivity (Wildman–Crippen MR) is 90.0 cm³/mol. The maximum Gasteiger partial charge on any atom is 0.335 e. The van der Waals surface area contributed by atoms with Crippen LogP contribution in [0.15, 0.2) is 53.6 Å². The number of nitrogens with one attached hydrogen (secondary N) is 2. The number of anilines is 2. The third kappa shape index (κ3) is 4.67. The van der Waals surface area contributed by atoms with Crippen LogP contribution in [0.4, 0.5) is 11.4 Å². The largest absolute Gasteiger partial charge is 0.478 e. The lowest BCUT2D eigenvalue weighted by Crippen LogP contribution is -2.07. The molecule has 2 aromatic carbocycles. The maximum absolute atomic E-state index is 11.1. The molecule has 23 heavy (non-hydrogen) atoms. The van der Waals surface area contributed by atoms with Crippen LogP contribution in [0.2, 0.25) is 0 Å². The van der Waals surface area contributed by atoms with Gasteiger partial charge in [0.05, 0.1) is 17.0 Å². The van der Waals surface area contributed by atoms with Crippen molar-refractivity contribution in [3.63, 3.8) is 0 Å². The third-order valence-corrected chi connectivity index (χ3v) is 3.09. The molecular weight excluding hydrogens is 294 g/mol. The summed E-state index contributed by atoms with van der Waals surface area (Å²) in [5.74, 6) is -1.10. The molecule has 0 bridgehead atoms. The highest BCUT2D eigenvalue weighted by Crippen LogP contribution is 2.13. The van der Waals surface area contributed by atoms with Crippen LogP contribution < -0.4 is 10.7 Å². The fourth-order valence-corrected chi connectivity index (χ4v) is 1.93. The summed E-state index contributed by atoms with van der Waals surface area (Å²) in [5, 5.41) is 15.8. The molecule has 0 aliphatic carbocycles. The number of hydrogen-bond donors (Lipinski definition) is 3. The van der Waals surface area contributed by atoms with Crippen molar-refractivity contribution in [1.82, 2.24) is 0 Å². The topological polar surface area (TPSA) is 90.8 Å². The van der Waals surface area contributed by atoms with Crippen molar-refractivity contribution in [1.29, 1.82) is 0 Å². The fourth-order valence-electron chi connectivity index (χ4n) is 1.93. The molecule has 6 heteroatoms. The van der Waals surface area contributed by atoms with Gasteiger partial charge in [-0.3, -0.25) is 10.2 Å². The molecule has 0 saturated heterocycles. The normalized spacial score (nSPS) is 11.0. The van der Waals surface area contributed by atoms with Gasteiger partial charge in [-0.1, -0.05) is 12.1 Å². The Morgan fingerprint density at radius 1 is 0.957 bits per heavy atom. The van der Waals surface area contributed by atoms with E-state index in [9.17, 15) is 9.59 Å². The van der Waals surface area contributed by atoms with Gasteiger partial charge in [-0.25, -0.2) is 4.79 Å². The van der Waals surface area contributed by atoms with Crippen LogP contribution in [0, 0.1) is 0 Å². The number of amides is 1. The van der Waals surface area contributed by atoms with Gasteiger partial charge in [-0.15, -0.1) is 0 Å². The summed E-state index contributed by atoms with van der Waals surface area (Å²) in [6.07, 6.45) is 0. The van der Waals surface area contributed by atoms with Gasteiger partial charge < -0.3 is 10.4 Å². The zero-order valence-electron chi connectivity index (χ0n) is 12.8. The van der Waals surface area contributed by atoms with Crippen LogP contribution in [0.5, 0.6) is 0 Å². The minimum absolute atomic E-state index is 0.131. The molecule has 0 fully saturated rings. The quantitative estimate of drug-likeness (QED) is 0.584. The Morgan fingerprint density at radius 2 is 1.65 bits per heavy atom. The van der Waals surface area contributed by atoms with Crippen molar-refractivity contribution in [2.24, 2.45) is 5.10 Å². The van der Waals surface area contributed by atoms with Gasteiger partial charge in [0.25, 0.3) is 0 Å². The van der Waals surface area contributed by atoms with Crippen LogP contribution in [0.1, 0.15) is 29.8 Å². The number of carboxylic acids is 1. The lowest BCUT2D eigenvalue weighted by atomic mass is 10.1. The van der Waals surface area contributed by atoms with Gasteiger partial charge in [-0.05, 0) is 48.9 Å². The van der Waals surface area contributed by atoms with Crippen LogP contribution >= 0.6 is 0 Å². The summed E-state index contributed by atoms with van der Waals surface area (Å²) < 4.78 is 0. The molecule has 2 rings (SSSR count). The molecular formula is C17H17N3O3. The smallest absolute Gasteiger partial charge is 0.335 e. The molecule has 0 atom stereocenters. The minimum atomic E-state index is -0.967. The maximum atomic E-state index is 11.1. The van der Waals surface area contributed by atoms with E-state index in [-0.39, 0.29) is 11.5 Å². The van der Waals surface area contributed by atoms with E-state index in [2.05, 4.69) is 15.8 Å². The summed E-state index contributed by atoms with van der Waals surface area (Å²) >= 11 is 0. The van der Waals surface area contributed by atoms with E-state index in [1.54, 1.807) is 18.2 Å². The first-order valence-electron chi connectivity index (χ1n) is 6.97. The number of aromatic carboxylic acids is 1. The van der Waals surface area contributed by atoms with E-state index in [1.165, 1.54) is 19.1 Å². The Hall–Kier alpha value is -3.15. The van der Waals surface area contributed by atoms with Crippen LogP contribution in [0.25, 0.3) is 0 Å². The SMILES string of the molecule is CC(=O)Nc1cccc(C(C)=NNc2ccc(C(=O)O)cc2)c1. The molecule has 0 aliphatic rings. The first-order chi connectivity index (χ1) is 11.0. The molecule has 0 aromatic heterocycles. The standard InChI is InChI=1S/C17H17N3O3/c1-11(14-4-3-5-16(10-14)18-12(2)21)19-20-15-8-6-13(7-9-15)17(22)23/h3-10,20H,1-2H3,(H,18,21)(H,22,23). The molecule has 0 saturated carbocycles. The number of benzene rings is 2. The van der Waals surface area contributed by atoms with E-state index in [0.29, 0.717) is 11.4 Å². The van der Waals surface area contributed by atoms with Crippen molar-refractivity contribution in [3.8, 4) is 0 Å². The van der Waals surface area contributed by atoms with Gasteiger partial charge >= 0.3 is 5.97 Å². The van der Waals surface area contributed by atoms with E-state index in [4.69, 9.17) is 5.11 Å². The lowest BCUT2D eigenvalue weighted by molar-refractivity contribution is -0.114. The highest BCUT2D eigenvalue weighted by molar-refractivity contribution is 6.00. The number of carbonyl (C=O) groups is 2. The minimum Gasteiger partial charge on any atom is -0.478 e. The van der Waals surface area contributed by atoms with Crippen molar-refractivity contribution in [2.45, 2.75) is 13.8 Å². The van der Waals surface area contributed by atoms with Crippen molar-refractivity contribution in [3.05, 3.63) is 59.7 Å². The summed E-state index contributed by atoms with van der Waals surface area (Å²) in [4.78, 5) is 21.9. The van der Waals surface area contributed by atoms with E-state index < -0.39 is 5.97 Å². The first kappa shape index (κ1) is 16.2. The number of hydrazone groups is 1. The highest BCUT2D eigenvalue weighted by atomic mass is 16.4. The summed E-state index contributed by atoms with van der Waals surface area (Å²) in [7, 11) is 0. The molecule has 3 N–H and O–H groups in total.